The normalized spacial score (nSPS) is 22.9. The van der Waals surface area contributed by atoms with Crippen LogP contribution >= 0.6 is 0 Å². The van der Waals surface area contributed by atoms with Gasteiger partial charge in [-0.25, -0.2) is 8.78 Å². The van der Waals surface area contributed by atoms with Crippen molar-refractivity contribution >= 4 is 0 Å². The first-order chi connectivity index (χ1) is 9.83. The predicted octanol–water partition coefficient (Wildman–Crippen LogP) is 4.48. The van der Waals surface area contributed by atoms with Crippen LogP contribution < -0.4 is 0 Å². The second-order valence-electron chi connectivity index (χ2n) is 5.44. The van der Waals surface area contributed by atoms with E-state index in [0.29, 0.717) is 30.9 Å². The monoisotopic (exact) mass is 301 g/mol. The molecular weight excluding hydrogens is 286 g/mol. The minimum Gasteiger partial charge on any atom is -0.313 e. The van der Waals surface area contributed by atoms with E-state index in [1.807, 2.05) is 6.92 Å². The Labute approximate surface area is 120 Å². The van der Waals surface area contributed by atoms with Gasteiger partial charge < -0.3 is 4.74 Å². The first-order valence-electron chi connectivity index (χ1n) is 6.78. The quantitative estimate of drug-likeness (QED) is 0.771. The van der Waals surface area contributed by atoms with Gasteiger partial charge in [-0.05, 0) is 43.7 Å². The molecule has 0 heterocycles. The standard InChI is InChI=1S/C15H15F4NO/c1-9-2-4-11(5-3-9)21-15(18,19)10-6-13(16)12(8-20)14(17)7-10/h6-7,9,11H,2-5H2,1H3. The number of hydrogen-bond acceptors (Lipinski definition) is 2. The molecule has 114 valence electrons. The lowest BCUT2D eigenvalue weighted by molar-refractivity contribution is -0.278. The summed E-state index contributed by atoms with van der Waals surface area (Å²) in [6, 6.07) is 2.20. The number of halogens is 4. The zero-order chi connectivity index (χ0) is 15.6. The van der Waals surface area contributed by atoms with E-state index < -0.39 is 35.0 Å². The number of benzene rings is 1. The fraction of sp³-hybridized carbons (Fsp3) is 0.533. The molecule has 0 spiro atoms. The summed E-state index contributed by atoms with van der Waals surface area (Å²) in [7, 11) is 0. The Bertz CT molecular complexity index is 536. The van der Waals surface area contributed by atoms with Crippen molar-refractivity contribution in [3.63, 3.8) is 0 Å². The zero-order valence-corrected chi connectivity index (χ0v) is 11.5. The highest BCUT2D eigenvalue weighted by Crippen LogP contribution is 2.36. The number of nitriles is 1. The molecule has 0 N–H and O–H groups in total. The molecule has 0 bridgehead atoms. The lowest BCUT2D eigenvalue weighted by Crippen LogP contribution is -2.29. The molecule has 1 aliphatic rings. The number of ether oxygens (including phenoxy) is 1. The van der Waals surface area contributed by atoms with Crippen LogP contribution in [-0.2, 0) is 10.8 Å². The van der Waals surface area contributed by atoms with Crippen LogP contribution in [0.1, 0.15) is 43.7 Å². The Morgan fingerprint density at radius 1 is 1.14 bits per heavy atom. The molecule has 21 heavy (non-hydrogen) atoms. The van der Waals surface area contributed by atoms with Crippen molar-refractivity contribution in [2.45, 2.75) is 44.8 Å². The summed E-state index contributed by atoms with van der Waals surface area (Å²) in [5, 5.41) is 8.53. The van der Waals surface area contributed by atoms with Gasteiger partial charge in [-0.3, -0.25) is 0 Å². The van der Waals surface area contributed by atoms with E-state index in [-0.39, 0.29) is 0 Å². The first kappa shape index (κ1) is 15.8. The third-order valence-electron chi connectivity index (χ3n) is 3.77. The van der Waals surface area contributed by atoms with Crippen LogP contribution in [-0.4, -0.2) is 6.10 Å². The third-order valence-corrected chi connectivity index (χ3v) is 3.77. The fourth-order valence-electron chi connectivity index (χ4n) is 2.47. The lowest BCUT2D eigenvalue weighted by Gasteiger charge is -2.29. The van der Waals surface area contributed by atoms with Crippen LogP contribution in [0.5, 0.6) is 0 Å². The molecule has 1 aliphatic carbocycles. The van der Waals surface area contributed by atoms with Gasteiger partial charge in [-0.2, -0.15) is 14.0 Å². The highest BCUT2D eigenvalue weighted by atomic mass is 19.3. The Morgan fingerprint density at radius 2 is 1.67 bits per heavy atom. The molecule has 0 unspecified atom stereocenters. The average molecular weight is 301 g/mol. The van der Waals surface area contributed by atoms with E-state index in [9.17, 15) is 17.6 Å². The number of alkyl halides is 2. The maximum atomic E-state index is 14.0. The van der Waals surface area contributed by atoms with Crippen molar-refractivity contribution in [1.82, 2.24) is 0 Å². The minimum absolute atomic E-state index is 0.451. The second kappa shape index (κ2) is 6.02. The third kappa shape index (κ3) is 3.53. The van der Waals surface area contributed by atoms with Gasteiger partial charge in [0.2, 0.25) is 0 Å². The van der Waals surface area contributed by atoms with Crippen LogP contribution in [0.25, 0.3) is 0 Å². The van der Waals surface area contributed by atoms with Crippen LogP contribution in [0.2, 0.25) is 0 Å². The van der Waals surface area contributed by atoms with Crippen molar-refractivity contribution in [2.24, 2.45) is 5.92 Å². The van der Waals surface area contributed by atoms with Crippen molar-refractivity contribution in [2.75, 3.05) is 0 Å². The zero-order valence-electron chi connectivity index (χ0n) is 11.5. The summed E-state index contributed by atoms with van der Waals surface area (Å²) in [5.41, 5.74) is -1.78. The van der Waals surface area contributed by atoms with Gasteiger partial charge in [0, 0.05) is 0 Å². The van der Waals surface area contributed by atoms with Crippen LogP contribution in [0.3, 0.4) is 0 Å². The summed E-state index contributed by atoms with van der Waals surface area (Å²) < 4.78 is 59.6. The number of nitrogens with zero attached hydrogens (tertiary/aromatic N) is 1. The van der Waals surface area contributed by atoms with E-state index in [4.69, 9.17) is 10.00 Å². The summed E-state index contributed by atoms with van der Waals surface area (Å²) in [4.78, 5) is 0. The molecule has 0 aliphatic heterocycles. The first-order valence-corrected chi connectivity index (χ1v) is 6.78. The predicted molar refractivity (Wildman–Crippen MR) is 67.5 cm³/mol. The van der Waals surface area contributed by atoms with Crippen LogP contribution in [0.4, 0.5) is 17.6 Å². The lowest BCUT2D eigenvalue weighted by atomic mass is 9.89. The maximum absolute atomic E-state index is 14.0. The topological polar surface area (TPSA) is 33.0 Å². The molecule has 1 aromatic carbocycles. The molecule has 0 aromatic heterocycles. The van der Waals surface area contributed by atoms with Crippen LogP contribution in [0, 0.1) is 28.9 Å². The SMILES string of the molecule is CC1CCC(OC(F)(F)c2cc(F)c(C#N)c(F)c2)CC1. The van der Waals surface area contributed by atoms with E-state index >= 15 is 0 Å². The minimum atomic E-state index is -3.78. The number of hydrogen-bond donors (Lipinski definition) is 0. The molecule has 0 saturated heterocycles. The van der Waals surface area contributed by atoms with Crippen molar-refractivity contribution in [1.29, 1.82) is 5.26 Å². The molecule has 1 saturated carbocycles. The van der Waals surface area contributed by atoms with E-state index in [1.54, 1.807) is 0 Å². The largest absolute Gasteiger partial charge is 0.383 e. The van der Waals surface area contributed by atoms with Crippen molar-refractivity contribution < 1.29 is 22.3 Å². The molecule has 2 rings (SSSR count). The Hall–Kier alpha value is -1.61. The molecule has 0 radical (unpaired) electrons. The Morgan fingerprint density at radius 3 is 2.14 bits per heavy atom. The molecule has 1 fully saturated rings. The highest BCUT2D eigenvalue weighted by molar-refractivity contribution is 5.36. The van der Waals surface area contributed by atoms with Crippen molar-refractivity contribution in [3.8, 4) is 6.07 Å². The fourth-order valence-corrected chi connectivity index (χ4v) is 2.47. The van der Waals surface area contributed by atoms with Gasteiger partial charge in [-0.1, -0.05) is 6.92 Å². The highest BCUT2D eigenvalue weighted by Gasteiger charge is 2.38. The smallest absolute Gasteiger partial charge is 0.313 e. The summed E-state index contributed by atoms with van der Waals surface area (Å²) in [6.45, 7) is 2.04. The van der Waals surface area contributed by atoms with Gasteiger partial charge in [-0.15, -0.1) is 0 Å². The second-order valence-corrected chi connectivity index (χ2v) is 5.44. The number of rotatable bonds is 3. The van der Waals surface area contributed by atoms with Gasteiger partial charge in [0.1, 0.15) is 23.3 Å². The van der Waals surface area contributed by atoms with Gasteiger partial charge in [0.25, 0.3) is 0 Å². The molecule has 1 aromatic rings. The van der Waals surface area contributed by atoms with Gasteiger partial charge in [0.15, 0.2) is 0 Å². The molecular formula is C15H15F4NO. The van der Waals surface area contributed by atoms with E-state index in [0.717, 1.165) is 12.8 Å². The van der Waals surface area contributed by atoms with Gasteiger partial charge in [0.05, 0.1) is 11.7 Å². The van der Waals surface area contributed by atoms with E-state index in [1.165, 1.54) is 6.07 Å². The maximum Gasteiger partial charge on any atom is 0.383 e. The van der Waals surface area contributed by atoms with Crippen molar-refractivity contribution in [3.05, 3.63) is 34.9 Å². The summed E-state index contributed by atoms with van der Waals surface area (Å²) >= 11 is 0. The Balaban J connectivity index is 2.18. The molecule has 2 nitrogen and oxygen atoms in total. The molecule has 0 atom stereocenters. The molecule has 0 amide bonds. The Kier molecular flexibility index (Phi) is 4.52. The summed E-state index contributed by atoms with van der Waals surface area (Å²) in [6.07, 6.45) is -1.83. The average Bonchev–Trinajstić information content (AvgIpc) is 2.41. The van der Waals surface area contributed by atoms with Crippen LogP contribution in [0.15, 0.2) is 12.1 Å². The summed E-state index contributed by atoms with van der Waals surface area (Å²) in [5.74, 6) is -2.15. The van der Waals surface area contributed by atoms with E-state index in [2.05, 4.69) is 0 Å². The van der Waals surface area contributed by atoms with Gasteiger partial charge >= 0.3 is 6.11 Å². The molecule has 6 heteroatoms.